The molecule has 2 aromatic heterocycles. The third kappa shape index (κ3) is 2.44. The number of halogens is 1. The molecule has 0 saturated heterocycles. The molecule has 1 aromatic carbocycles. The first kappa shape index (κ1) is 12.5. The molecule has 0 spiro atoms. The van der Waals surface area contributed by atoms with Gasteiger partial charge in [0, 0.05) is 11.6 Å². The van der Waals surface area contributed by atoms with Crippen LogP contribution in [0.2, 0.25) is 5.15 Å². The van der Waals surface area contributed by atoms with Crippen LogP contribution in [0.1, 0.15) is 10.4 Å². The molecular weight excluding hydrogens is 276 g/mol. The minimum atomic E-state index is -0.300. The van der Waals surface area contributed by atoms with Crippen LogP contribution in [0.4, 0.5) is 5.82 Å². The van der Waals surface area contributed by atoms with Crippen LogP contribution in [-0.2, 0) is 0 Å². The summed E-state index contributed by atoms with van der Waals surface area (Å²) in [5, 5.41) is 11.2. The molecule has 0 aliphatic heterocycles. The van der Waals surface area contributed by atoms with Gasteiger partial charge in [-0.05, 0) is 24.3 Å². The third-order valence-electron chi connectivity index (χ3n) is 2.74. The molecule has 0 radical (unpaired) electrons. The van der Waals surface area contributed by atoms with Crippen molar-refractivity contribution in [3.63, 3.8) is 0 Å². The van der Waals surface area contributed by atoms with Crippen LogP contribution in [0.15, 0.2) is 48.7 Å². The zero-order chi connectivity index (χ0) is 13.9. The number of pyridine rings is 1. The number of rotatable bonds is 2. The molecule has 0 atom stereocenters. The number of hydrogen-bond donors (Lipinski definition) is 1. The van der Waals surface area contributed by atoms with Crippen LogP contribution in [0, 0.1) is 0 Å². The zero-order valence-corrected chi connectivity index (χ0v) is 11.0. The second kappa shape index (κ2) is 5.22. The summed E-state index contributed by atoms with van der Waals surface area (Å²) in [6.45, 7) is 0. The maximum absolute atomic E-state index is 12.3. The molecule has 2 heterocycles. The van der Waals surface area contributed by atoms with Gasteiger partial charge in [-0.1, -0.05) is 29.8 Å². The fraction of sp³-hybridized carbons (Fsp3) is 0. The van der Waals surface area contributed by atoms with E-state index in [1.807, 2.05) is 18.2 Å². The number of aromatic nitrogens is 3. The first-order chi connectivity index (χ1) is 9.74. The lowest BCUT2D eigenvalue weighted by Crippen LogP contribution is -2.14. The number of hydrogen-bond acceptors (Lipinski definition) is 4. The highest BCUT2D eigenvalue weighted by Gasteiger charge is 2.13. The third-order valence-corrected chi connectivity index (χ3v) is 2.94. The van der Waals surface area contributed by atoms with E-state index in [4.69, 9.17) is 11.6 Å². The lowest BCUT2D eigenvalue weighted by atomic mass is 10.1. The summed E-state index contributed by atoms with van der Waals surface area (Å²) < 4.78 is 0. The highest BCUT2D eigenvalue weighted by molar-refractivity contribution is 6.30. The van der Waals surface area contributed by atoms with Gasteiger partial charge in [0.25, 0.3) is 5.91 Å². The van der Waals surface area contributed by atoms with Crippen LogP contribution < -0.4 is 5.32 Å². The van der Waals surface area contributed by atoms with E-state index >= 15 is 0 Å². The highest BCUT2D eigenvalue weighted by Crippen LogP contribution is 2.21. The molecule has 5 nitrogen and oxygen atoms in total. The molecule has 3 rings (SSSR count). The molecule has 3 aromatic rings. The second-order valence-corrected chi connectivity index (χ2v) is 4.46. The van der Waals surface area contributed by atoms with Gasteiger partial charge in [-0.15, -0.1) is 5.10 Å². The second-order valence-electron chi connectivity index (χ2n) is 4.07. The van der Waals surface area contributed by atoms with Crippen molar-refractivity contribution >= 4 is 34.2 Å². The fourth-order valence-corrected chi connectivity index (χ4v) is 2.08. The van der Waals surface area contributed by atoms with E-state index in [-0.39, 0.29) is 11.1 Å². The van der Waals surface area contributed by atoms with Crippen LogP contribution in [0.25, 0.3) is 10.9 Å². The number of fused-ring (bicyclic) bond motifs is 1. The number of amides is 1. The van der Waals surface area contributed by atoms with Crippen LogP contribution >= 0.6 is 11.6 Å². The molecule has 1 amide bonds. The first-order valence-corrected chi connectivity index (χ1v) is 6.26. The highest BCUT2D eigenvalue weighted by atomic mass is 35.5. The van der Waals surface area contributed by atoms with Crippen LogP contribution in [0.5, 0.6) is 0 Å². The Morgan fingerprint density at radius 1 is 1.15 bits per heavy atom. The normalized spacial score (nSPS) is 10.4. The summed E-state index contributed by atoms with van der Waals surface area (Å²) in [6, 6.07) is 12.2. The number of anilines is 1. The molecule has 6 heteroatoms. The molecule has 0 saturated carbocycles. The predicted octanol–water partition coefficient (Wildman–Crippen LogP) is 2.93. The number of benzene rings is 1. The largest absolute Gasteiger partial charge is 0.305 e. The first-order valence-electron chi connectivity index (χ1n) is 5.88. The molecule has 0 aliphatic carbocycles. The van der Waals surface area contributed by atoms with E-state index in [0.29, 0.717) is 16.9 Å². The van der Waals surface area contributed by atoms with Crippen molar-refractivity contribution in [1.29, 1.82) is 0 Å². The van der Waals surface area contributed by atoms with Gasteiger partial charge >= 0.3 is 0 Å². The summed E-state index contributed by atoms with van der Waals surface area (Å²) >= 11 is 5.95. The van der Waals surface area contributed by atoms with Gasteiger partial charge in [-0.3, -0.25) is 4.79 Å². The van der Waals surface area contributed by atoms with E-state index < -0.39 is 0 Å². The number of carbonyl (C=O) groups excluding carboxylic acids is 1. The van der Waals surface area contributed by atoms with E-state index in [0.717, 1.165) is 5.39 Å². The Morgan fingerprint density at radius 2 is 2.00 bits per heavy atom. The molecule has 0 unspecified atom stereocenters. The number of para-hydroxylation sites is 1. The van der Waals surface area contributed by atoms with Gasteiger partial charge in [-0.2, -0.15) is 5.10 Å². The maximum Gasteiger partial charge on any atom is 0.257 e. The van der Waals surface area contributed by atoms with Crippen molar-refractivity contribution in [2.45, 2.75) is 0 Å². The van der Waals surface area contributed by atoms with Crippen molar-refractivity contribution in [3.05, 3.63) is 59.4 Å². The maximum atomic E-state index is 12.3. The molecule has 0 aliphatic rings. The zero-order valence-electron chi connectivity index (χ0n) is 10.2. The minimum absolute atomic E-state index is 0.271. The van der Waals surface area contributed by atoms with Gasteiger partial charge in [0.15, 0.2) is 5.82 Å². The quantitative estimate of drug-likeness (QED) is 0.735. The van der Waals surface area contributed by atoms with E-state index in [1.165, 1.54) is 12.3 Å². The number of nitrogens with zero attached hydrogens (tertiary/aromatic N) is 3. The molecule has 0 bridgehead atoms. The van der Waals surface area contributed by atoms with Crippen molar-refractivity contribution in [2.75, 3.05) is 5.32 Å². The average molecular weight is 285 g/mol. The van der Waals surface area contributed by atoms with E-state index in [1.54, 1.807) is 18.2 Å². The Labute approximate surface area is 119 Å². The topological polar surface area (TPSA) is 67.8 Å². The van der Waals surface area contributed by atoms with Crippen LogP contribution in [0.3, 0.4) is 0 Å². The fourth-order valence-electron chi connectivity index (χ4n) is 1.88. The molecule has 98 valence electrons. The van der Waals surface area contributed by atoms with Crippen molar-refractivity contribution < 1.29 is 4.79 Å². The molecule has 1 N–H and O–H groups in total. The summed E-state index contributed by atoms with van der Waals surface area (Å²) in [5.74, 6) is 0.0838. The SMILES string of the molecule is O=C(Nc1cccnn1)c1cc(Cl)nc2ccccc12. The standard InChI is InChI=1S/C14H9ClN4O/c15-12-8-10(9-4-1-2-5-11(9)17-12)14(20)18-13-6-3-7-16-19-13/h1-8H,(H,18,19,20). The Morgan fingerprint density at radius 3 is 2.80 bits per heavy atom. The number of carbonyl (C=O) groups is 1. The van der Waals surface area contributed by atoms with E-state index in [9.17, 15) is 4.79 Å². The Hall–Kier alpha value is -2.53. The lowest BCUT2D eigenvalue weighted by molar-refractivity contribution is 0.102. The molecular formula is C14H9ClN4O. The van der Waals surface area contributed by atoms with Crippen molar-refractivity contribution in [1.82, 2.24) is 15.2 Å². The Balaban J connectivity index is 2.03. The van der Waals surface area contributed by atoms with Crippen LogP contribution in [-0.4, -0.2) is 21.1 Å². The summed E-state index contributed by atoms with van der Waals surface area (Å²) in [6.07, 6.45) is 1.54. The number of nitrogens with one attached hydrogen (secondary N) is 1. The monoisotopic (exact) mass is 284 g/mol. The van der Waals surface area contributed by atoms with Gasteiger partial charge < -0.3 is 5.32 Å². The molecule has 20 heavy (non-hydrogen) atoms. The molecule has 0 fully saturated rings. The van der Waals surface area contributed by atoms with Gasteiger partial charge in [0.2, 0.25) is 0 Å². The minimum Gasteiger partial charge on any atom is -0.305 e. The van der Waals surface area contributed by atoms with Gasteiger partial charge in [0.1, 0.15) is 5.15 Å². The van der Waals surface area contributed by atoms with Gasteiger partial charge in [0.05, 0.1) is 11.1 Å². The smallest absolute Gasteiger partial charge is 0.257 e. The average Bonchev–Trinajstić information content (AvgIpc) is 2.47. The summed E-state index contributed by atoms with van der Waals surface area (Å²) in [7, 11) is 0. The summed E-state index contributed by atoms with van der Waals surface area (Å²) in [5.41, 5.74) is 1.12. The lowest BCUT2D eigenvalue weighted by Gasteiger charge is -2.07. The Bertz CT molecular complexity index is 776. The van der Waals surface area contributed by atoms with Gasteiger partial charge in [-0.25, -0.2) is 4.98 Å². The Kier molecular flexibility index (Phi) is 3.26. The van der Waals surface area contributed by atoms with E-state index in [2.05, 4.69) is 20.5 Å². The van der Waals surface area contributed by atoms with Crippen molar-refractivity contribution in [2.24, 2.45) is 0 Å². The van der Waals surface area contributed by atoms with Crippen molar-refractivity contribution in [3.8, 4) is 0 Å². The summed E-state index contributed by atoms with van der Waals surface area (Å²) in [4.78, 5) is 16.5. The predicted molar refractivity (Wildman–Crippen MR) is 76.7 cm³/mol.